The minimum atomic E-state index is 0.494. The summed E-state index contributed by atoms with van der Waals surface area (Å²) in [5.74, 6) is 1.23. The van der Waals surface area contributed by atoms with Gasteiger partial charge in [0.05, 0.1) is 0 Å². The number of nitrogens with zero attached hydrogens (tertiary/aromatic N) is 1. The molecule has 1 heterocycles. The summed E-state index contributed by atoms with van der Waals surface area (Å²) >= 11 is 0. The topological polar surface area (TPSA) is 26.0 Å². The molecule has 0 radical (unpaired) electrons. The van der Waals surface area contributed by atoms with Crippen molar-refractivity contribution < 1.29 is 4.42 Å². The van der Waals surface area contributed by atoms with E-state index >= 15 is 0 Å². The van der Waals surface area contributed by atoms with Crippen LogP contribution in [0.1, 0.15) is 31.2 Å². The number of para-hydroxylation sites is 1. The minimum absolute atomic E-state index is 0.494. The predicted molar refractivity (Wildman–Crippen MR) is 52.8 cm³/mol. The van der Waals surface area contributed by atoms with Gasteiger partial charge in [-0.15, -0.1) is 0 Å². The van der Waals surface area contributed by atoms with Crippen molar-refractivity contribution in [2.45, 2.75) is 26.7 Å². The van der Waals surface area contributed by atoms with E-state index in [1.807, 2.05) is 19.1 Å². The van der Waals surface area contributed by atoms with Gasteiger partial charge in [-0.05, 0) is 17.5 Å². The minimum Gasteiger partial charge on any atom is -0.441 e. The standard InChI is InChI=1S/C11H13NO/c1-7(2)9-5-4-6-10-11(9)12-8(3)13-10/h4-7H,1-3H3. The molecule has 2 aromatic rings. The maximum Gasteiger partial charge on any atom is 0.192 e. The molecule has 0 bridgehead atoms. The summed E-state index contributed by atoms with van der Waals surface area (Å²) in [6.45, 7) is 6.21. The number of oxazole rings is 1. The highest BCUT2D eigenvalue weighted by molar-refractivity contribution is 5.77. The maximum absolute atomic E-state index is 5.45. The van der Waals surface area contributed by atoms with Gasteiger partial charge in [0.25, 0.3) is 0 Å². The average Bonchev–Trinajstić information content (AvgIpc) is 2.43. The van der Waals surface area contributed by atoms with E-state index in [2.05, 4.69) is 24.9 Å². The molecule has 1 aromatic carbocycles. The Hall–Kier alpha value is -1.31. The van der Waals surface area contributed by atoms with Gasteiger partial charge in [0, 0.05) is 6.92 Å². The van der Waals surface area contributed by atoms with Crippen molar-refractivity contribution in [3.05, 3.63) is 29.7 Å². The Morgan fingerprint density at radius 1 is 1.31 bits per heavy atom. The van der Waals surface area contributed by atoms with Crippen molar-refractivity contribution >= 4 is 11.1 Å². The van der Waals surface area contributed by atoms with E-state index in [1.165, 1.54) is 5.56 Å². The first-order valence-electron chi connectivity index (χ1n) is 4.54. The van der Waals surface area contributed by atoms with Crippen LogP contribution in [0.2, 0.25) is 0 Å². The smallest absolute Gasteiger partial charge is 0.192 e. The van der Waals surface area contributed by atoms with Gasteiger partial charge in [-0.1, -0.05) is 26.0 Å². The van der Waals surface area contributed by atoms with Crippen LogP contribution in [0.15, 0.2) is 22.6 Å². The summed E-state index contributed by atoms with van der Waals surface area (Å²) in [7, 11) is 0. The first kappa shape index (κ1) is 8.30. The summed E-state index contributed by atoms with van der Waals surface area (Å²) in [5, 5.41) is 0. The highest BCUT2D eigenvalue weighted by Crippen LogP contribution is 2.24. The Kier molecular flexibility index (Phi) is 1.83. The molecule has 0 unspecified atom stereocenters. The summed E-state index contributed by atoms with van der Waals surface area (Å²) in [6.07, 6.45) is 0. The monoisotopic (exact) mass is 175 g/mol. The zero-order valence-electron chi connectivity index (χ0n) is 8.16. The first-order chi connectivity index (χ1) is 6.18. The van der Waals surface area contributed by atoms with E-state index in [1.54, 1.807) is 0 Å². The van der Waals surface area contributed by atoms with E-state index in [0.29, 0.717) is 5.92 Å². The molecule has 0 atom stereocenters. The van der Waals surface area contributed by atoms with Gasteiger partial charge in [-0.2, -0.15) is 0 Å². The molecular formula is C11H13NO. The summed E-state index contributed by atoms with van der Waals surface area (Å²) in [6, 6.07) is 6.08. The lowest BCUT2D eigenvalue weighted by Crippen LogP contribution is -1.88. The van der Waals surface area contributed by atoms with Crippen molar-refractivity contribution in [2.75, 3.05) is 0 Å². The van der Waals surface area contributed by atoms with Gasteiger partial charge in [0.1, 0.15) is 5.52 Å². The van der Waals surface area contributed by atoms with Crippen molar-refractivity contribution in [1.29, 1.82) is 0 Å². The van der Waals surface area contributed by atoms with E-state index in [-0.39, 0.29) is 0 Å². The fourth-order valence-electron chi connectivity index (χ4n) is 1.55. The Morgan fingerprint density at radius 3 is 2.77 bits per heavy atom. The molecular weight excluding hydrogens is 162 g/mol. The summed E-state index contributed by atoms with van der Waals surface area (Å²) in [5.41, 5.74) is 3.16. The molecule has 68 valence electrons. The zero-order valence-corrected chi connectivity index (χ0v) is 8.16. The normalized spacial score (nSPS) is 11.4. The number of rotatable bonds is 1. The second-order valence-electron chi connectivity index (χ2n) is 3.58. The van der Waals surface area contributed by atoms with Crippen LogP contribution < -0.4 is 0 Å². The zero-order chi connectivity index (χ0) is 9.42. The molecule has 0 saturated carbocycles. The van der Waals surface area contributed by atoms with Gasteiger partial charge >= 0.3 is 0 Å². The Morgan fingerprint density at radius 2 is 2.08 bits per heavy atom. The van der Waals surface area contributed by atoms with Crippen LogP contribution >= 0.6 is 0 Å². The number of hydrogen-bond donors (Lipinski definition) is 0. The van der Waals surface area contributed by atoms with Crippen molar-refractivity contribution in [3.8, 4) is 0 Å². The molecule has 2 nitrogen and oxygen atoms in total. The molecule has 13 heavy (non-hydrogen) atoms. The Balaban J connectivity index is 2.75. The van der Waals surface area contributed by atoms with Gasteiger partial charge in [0.15, 0.2) is 11.5 Å². The van der Waals surface area contributed by atoms with E-state index < -0.39 is 0 Å². The summed E-state index contributed by atoms with van der Waals surface area (Å²) in [4.78, 5) is 4.37. The van der Waals surface area contributed by atoms with Crippen LogP contribution in [0, 0.1) is 6.92 Å². The molecule has 0 N–H and O–H groups in total. The van der Waals surface area contributed by atoms with Crippen LogP contribution in [0.5, 0.6) is 0 Å². The molecule has 2 heteroatoms. The highest BCUT2D eigenvalue weighted by Gasteiger charge is 2.09. The number of aryl methyl sites for hydroxylation is 1. The van der Waals surface area contributed by atoms with Crippen molar-refractivity contribution in [3.63, 3.8) is 0 Å². The number of aromatic nitrogens is 1. The van der Waals surface area contributed by atoms with Crippen LogP contribution in [0.25, 0.3) is 11.1 Å². The van der Waals surface area contributed by atoms with E-state index in [9.17, 15) is 0 Å². The quantitative estimate of drug-likeness (QED) is 0.664. The van der Waals surface area contributed by atoms with Gasteiger partial charge in [0.2, 0.25) is 0 Å². The number of benzene rings is 1. The largest absolute Gasteiger partial charge is 0.441 e. The molecule has 0 aliphatic heterocycles. The maximum atomic E-state index is 5.45. The van der Waals surface area contributed by atoms with Crippen LogP contribution in [0.4, 0.5) is 0 Å². The van der Waals surface area contributed by atoms with Gasteiger partial charge in [-0.25, -0.2) is 4.98 Å². The fourth-order valence-corrected chi connectivity index (χ4v) is 1.55. The van der Waals surface area contributed by atoms with Crippen LogP contribution in [-0.2, 0) is 0 Å². The second-order valence-corrected chi connectivity index (χ2v) is 3.58. The number of hydrogen-bond acceptors (Lipinski definition) is 2. The molecule has 0 fully saturated rings. The van der Waals surface area contributed by atoms with E-state index in [0.717, 1.165) is 17.0 Å². The van der Waals surface area contributed by atoms with Crippen LogP contribution in [-0.4, -0.2) is 4.98 Å². The van der Waals surface area contributed by atoms with E-state index in [4.69, 9.17) is 4.42 Å². The fraction of sp³-hybridized carbons (Fsp3) is 0.364. The third-order valence-electron chi connectivity index (χ3n) is 2.18. The highest BCUT2D eigenvalue weighted by atomic mass is 16.3. The third-order valence-corrected chi connectivity index (χ3v) is 2.18. The predicted octanol–water partition coefficient (Wildman–Crippen LogP) is 3.26. The molecule has 0 spiro atoms. The van der Waals surface area contributed by atoms with Gasteiger partial charge < -0.3 is 4.42 Å². The third kappa shape index (κ3) is 1.32. The lowest BCUT2D eigenvalue weighted by molar-refractivity contribution is 0.561. The lowest BCUT2D eigenvalue weighted by atomic mass is 10.0. The molecule has 0 aliphatic carbocycles. The van der Waals surface area contributed by atoms with Crippen molar-refractivity contribution in [1.82, 2.24) is 4.98 Å². The van der Waals surface area contributed by atoms with Gasteiger partial charge in [-0.3, -0.25) is 0 Å². The average molecular weight is 175 g/mol. The molecule has 1 aromatic heterocycles. The molecule has 0 aliphatic rings. The van der Waals surface area contributed by atoms with Crippen LogP contribution in [0.3, 0.4) is 0 Å². The first-order valence-corrected chi connectivity index (χ1v) is 4.54. The molecule has 0 amide bonds. The van der Waals surface area contributed by atoms with Crippen molar-refractivity contribution in [2.24, 2.45) is 0 Å². The number of fused-ring (bicyclic) bond motifs is 1. The summed E-state index contributed by atoms with van der Waals surface area (Å²) < 4.78 is 5.45. The Bertz CT molecular complexity index is 429. The molecule has 2 rings (SSSR count). The Labute approximate surface area is 77.6 Å². The second kappa shape index (κ2) is 2.87. The lowest BCUT2D eigenvalue weighted by Gasteiger charge is -2.03. The molecule has 0 saturated heterocycles. The SMILES string of the molecule is Cc1nc2c(C(C)C)cccc2o1.